The SMILES string of the molecule is CCN(CC)c1cc(Nc2ccc(C)c(Cl)c2)c([N+](=O)[O-])c2nonc12. The van der Waals surface area contributed by atoms with Crippen molar-refractivity contribution in [1.82, 2.24) is 10.3 Å². The Labute approximate surface area is 154 Å². The maximum atomic E-state index is 11.7. The highest BCUT2D eigenvalue weighted by molar-refractivity contribution is 6.31. The molecule has 136 valence electrons. The molecule has 3 aromatic rings. The number of fused-ring (bicyclic) bond motifs is 1. The summed E-state index contributed by atoms with van der Waals surface area (Å²) in [7, 11) is 0. The lowest BCUT2D eigenvalue weighted by atomic mass is 10.1. The van der Waals surface area contributed by atoms with E-state index in [1.165, 1.54) is 0 Å². The largest absolute Gasteiger partial charge is 0.370 e. The fourth-order valence-electron chi connectivity index (χ4n) is 2.82. The molecule has 0 spiro atoms. The van der Waals surface area contributed by atoms with E-state index < -0.39 is 4.92 Å². The molecule has 2 aromatic carbocycles. The standard InChI is InChI=1S/C17H18ClN5O3/c1-4-22(5-2)14-9-13(19-11-7-6-10(3)12(18)8-11)17(23(24)25)16-15(14)20-26-21-16/h6-9,19H,4-5H2,1-3H3. The molecular formula is C17H18ClN5O3. The van der Waals surface area contributed by atoms with Gasteiger partial charge in [-0.2, -0.15) is 0 Å². The minimum Gasteiger partial charge on any atom is -0.370 e. The van der Waals surface area contributed by atoms with Gasteiger partial charge in [-0.15, -0.1) is 0 Å². The number of nitrogens with zero attached hydrogens (tertiary/aromatic N) is 4. The lowest BCUT2D eigenvalue weighted by molar-refractivity contribution is -0.382. The van der Waals surface area contributed by atoms with E-state index in [-0.39, 0.29) is 11.2 Å². The first-order valence-electron chi connectivity index (χ1n) is 8.18. The third kappa shape index (κ3) is 3.15. The molecule has 1 heterocycles. The maximum Gasteiger partial charge on any atom is 0.324 e. The predicted octanol–water partition coefficient (Wildman–Crippen LogP) is 4.68. The molecule has 1 N–H and O–H groups in total. The van der Waals surface area contributed by atoms with Crippen LogP contribution in [0, 0.1) is 17.0 Å². The lowest BCUT2D eigenvalue weighted by Crippen LogP contribution is -2.22. The molecule has 0 aliphatic carbocycles. The van der Waals surface area contributed by atoms with Crippen molar-refractivity contribution in [3.63, 3.8) is 0 Å². The third-order valence-electron chi connectivity index (χ3n) is 4.23. The summed E-state index contributed by atoms with van der Waals surface area (Å²) >= 11 is 6.17. The van der Waals surface area contributed by atoms with E-state index in [1.54, 1.807) is 12.1 Å². The van der Waals surface area contributed by atoms with Crippen LogP contribution >= 0.6 is 11.6 Å². The maximum absolute atomic E-state index is 11.7. The number of anilines is 3. The number of halogens is 1. The van der Waals surface area contributed by atoms with Gasteiger partial charge in [0, 0.05) is 23.8 Å². The van der Waals surface area contributed by atoms with Gasteiger partial charge in [0.15, 0.2) is 5.52 Å². The van der Waals surface area contributed by atoms with Gasteiger partial charge in [-0.1, -0.05) is 17.7 Å². The average Bonchev–Trinajstić information content (AvgIpc) is 3.08. The molecule has 9 heteroatoms. The molecule has 8 nitrogen and oxygen atoms in total. The van der Waals surface area contributed by atoms with Crippen molar-refractivity contribution in [2.24, 2.45) is 0 Å². The number of hydrogen-bond donors (Lipinski definition) is 1. The minimum absolute atomic E-state index is 0.111. The van der Waals surface area contributed by atoms with Crippen LogP contribution in [0.1, 0.15) is 19.4 Å². The lowest BCUT2D eigenvalue weighted by Gasteiger charge is -2.22. The molecule has 0 fully saturated rings. The Morgan fingerprint density at radius 2 is 1.92 bits per heavy atom. The Bertz CT molecular complexity index is 968. The number of aromatic nitrogens is 2. The zero-order chi connectivity index (χ0) is 18.8. The number of benzene rings is 2. The van der Waals surface area contributed by atoms with E-state index in [1.807, 2.05) is 37.8 Å². The first kappa shape index (κ1) is 17.9. The second-order valence-electron chi connectivity index (χ2n) is 5.77. The molecule has 3 rings (SSSR count). The van der Waals surface area contributed by atoms with E-state index in [9.17, 15) is 10.1 Å². The zero-order valence-corrected chi connectivity index (χ0v) is 15.4. The van der Waals surface area contributed by atoms with E-state index in [0.717, 1.165) is 11.3 Å². The molecule has 0 atom stereocenters. The van der Waals surface area contributed by atoms with Crippen LogP contribution in [0.5, 0.6) is 0 Å². The quantitative estimate of drug-likeness (QED) is 0.493. The molecule has 0 radical (unpaired) electrons. The van der Waals surface area contributed by atoms with Crippen molar-refractivity contribution in [3.8, 4) is 0 Å². The number of aryl methyl sites for hydroxylation is 1. The average molecular weight is 376 g/mol. The molecule has 0 unspecified atom stereocenters. The minimum atomic E-state index is -0.489. The highest BCUT2D eigenvalue weighted by atomic mass is 35.5. The Morgan fingerprint density at radius 1 is 1.23 bits per heavy atom. The van der Waals surface area contributed by atoms with Crippen LogP contribution in [-0.4, -0.2) is 28.3 Å². The number of nitrogens with one attached hydrogen (secondary N) is 1. The van der Waals surface area contributed by atoms with Gasteiger partial charge in [0.25, 0.3) is 0 Å². The van der Waals surface area contributed by atoms with E-state index in [4.69, 9.17) is 16.2 Å². The van der Waals surface area contributed by atoms with Gasteiger partial charge in [0.2, 0.25) is 5.52 Å². The van der Waals surface area contributed by atoms with Crippen LogP contribution in [0.4, 0.5) is 22.7 Å². The van der Waals surface area contributed by atoms with Gasteiger partial charge in [0.1, 0.15) is 5.69 Å². The van der Waals surface area contributed by atoms with Crippen LogP contribution in [0.25, 0.3) is 11.0 Å². The molecule has 0 bridgehead atoms. The summed E-state index contributed by atoms with van der Waals surface area (Å²) in [6.45, 7) is 7.31. The number of nitro benzene ring substituents is 1. The molecule has 0 amide bonds. The van der Waals surface area contributed by atoms with Gasteiger partial charge in [-0.25, -0.2) is 4.63 Å². The summed E-state index contributed by atoms with van der Waals surface area (Å²) < 4.78 is 4.80. The van der Waals surface area contributed by atoms with Gasteiger partial charge >= 0.3 is 5.69 Å². The van der Waals surface area contributed by atoms with Gasteiger partial charge < -0.3 is 10.2 Å². The Morgan fingerprint density at radius 3 is 2.54 bits per heavy atom. The van der Waals surface area contributed by atoms with Crippen LogP contribution in [0.2, 0.25) is 5.02 Å². The molecule has 0 aliphatic heterocycles. The Kier molecular flexibility index (Phi) is 4.94. The van der Waals surface area contributed by atoms with Gasteiger partial charge in [0.05, 0.1) is 10.6 Å². The highest BCUT2D eigenvalue weighted by Gasteiger charge is 2.27. The second-order valence-corrected chi connectivity index (χ2v) is 6.18. The first-order valence-corrected chi connectivity index (χ1v) is 8.55. The highest BCUT2D eigenvalue weighted by Crippen LogP contribution is 2.40. The fourth-order valence-corrected chi connectivity index (χ4v) is 3.01. The van der Waals surface area contributed by atoms with E-state index in [0.29, 0.717) is 35.0 Å². The van der Waals surface area contributed by atoms with Crippen molar-refractivity contribution >= 4 is 45.4 Å². The molecule has 0 saturated carbocycles. The predicted molar refractivity (Wildman–Crippen MR) is 101 cm³/mol. The summed E-state index contributed by atoms with van der Waals surface area (Å²) in [6.07, 6.45) is 0. The topological polar surface area (TPSA) is 97.3 Å². The Hall–Kier alpha value is -2.87. The number of rotatable bonds is 6. The van der Waals surface area contributed by atoms with Crippen LogP contribution in [-0.2, 0) is 0 Å². The van der Waals surface area contributed by atoms with Gasteiger partial charge in [-0.3, -0.25) is 10.1 Å². The molecule has 26 heavy (non-hydrogen) atoms. The van der Waals surface area contributed by atoms with Crippen molar-refractivity contribution in [2.75, 3.05) is 23.3 Å². The van der Waals surface area contributed by atoms with Gasteiger partial charge in [-0.05, 0) is 54.8 Å². The Balaban J connectivity index is 2.20. The summed E-state index contributed by atoms with van der Waals surface area (Å²) in [5.41, 5.74) is 2.89. The molecule has 0 aliphatic rings. The summed E-state index contributed by atoms with van der Waals surface area (Å²) in [5, 5.41) is 23.0. The van der Waals surface area contributed by atoms with Crippen molar-refractivity contribution in [2.45, 2.75) is 20.8 Å². The van der Waals surface area contributed by atoms with Crippen molar-refractivity contribution < 1.29 is 9.55 Å². The second kappa shape index (κ2) is 7.17. The fraction of sp³-hybridized carbons (Fsp3) is 0.294. The van der Waals surface area contributed by atoms with Crippen LogP contribution in [0.3, 0.4) is 0 Å². The van der Waals surface area contributed by atoms with E-state index >= 15 is 0 Å². The smallest absolute Gasteiger partial charge is 0.324 e. The summed E-state index contributed by atoms with van der Waals surface area (Å²) in [4.78, 5) is 13.2. The third-order valence-corrected chi connectivity index (χ3v) is 4.64. The molecule has 1 aromatic heterocycles. The van der Waals surface area contributed by atoms with E-state index in [2.05, 4.69) is 15.6 Å². The number of nitro groups is 1. The van der Waals surface area contributed by atoms with Crippen LogP contribution < -0.4 is 10.2 Å². The number of hydrogen-bond acceptors (Lipinski definition) is 7. The zero-order valence-electron chi connectivity index (χ0n) is 14.6. The summed E-state index contributed by atoms with van der Waals surface area (Å²) in [6, 6.07) is 7.08. The monoisotopic (exact) mass is 375 g/mol. The normalized spacial score (nSPS) is 10.9. The van der Waals surface area contributed by atoms with Crippen LogP contribution in [0.15, 0.2) is 28.9 Å². The molecule has 0 saturated heterocycles. The first-order chi connectivity index (χ1) is 12.5. The van der Waals surface area contributed by atoms with Crippen molar-refractivity contribution in [1.29, 1.82) is 0 Å². The van der Waals surface area contributed by atoms with Crippen molar-refractivity contribution in [3.05, 3.63) is 45.0 Å². The molecular weight excluding hydrogens is 358 g/mol. The summed E-state index contributed by atoms with van der Waals surface area (Å²) in [5.74, 6) is 0.